The Morgan fingerprint density at radius 3 is 2.68 bits per heavy atom. The maximum Gasteiger partial charge on any atom is 0.342 e. The van der Waals surface area contributed by atoms with Gasteiger partial charge in [-0.3, -0.25) is 4.79 Å². The van der Waals surface area contributed by atoms with Crippen molar-refractivity contribution in [1.82, 2.24) is 0 Å². The molecule has 2 aromatic carbocycles. The highest BCUT2D eigenvalue weighted by Gasteiger charge is 2.18. The molecule has 0 atom stereocenters. The number of ether oxygens (including phenoxy) is 3. The van der Waals surface area contributed by atoms with Crippen molar-refractivity contribution in [3.63, 3.8) is 0 Å². The third kappa shape index (κ3) is 3.74. The van der Waals surface area contributed by atoms with Gasteiger partial charge < -0.3 is 19.3 Å². The van der Waals surface area contributed by atoms with Gasteiger partial charge in [-0.15, -0.1) is 0 Å². The summed E-state index contributed by atoms with van der Waals surface area (Å²) in [4.78, 5) is 24.3. The van der Waals surface area contributed by atoms with Crippen molar-refractivity contribution in [1.29, 1.82) is 0 Å². The Morgan fingerprint density at radius 2 is 1.88 bits per heavy atom. The van der Waals surface area contributed by atoms with E-state index in [9.17, 15) is 14.7 Å². The molecule has 2 aromatic rings. The minimum Gasteiger partial charge on any atom is -0.507 e. The second-order valence-corrected chi connectivity index (χ2v) is 5.68. The molecule has 0 aromatic heterocycles. The molecule has 1 aliphatic heterocycles. The van der Waals surface area contributed by atoms with Crippen LogP contribution in [0, 0.1) is 6.92 Å². The zero-order valence-electron chi connectivity index (χ0n) is 13.8. The Hall–Kier alpha value is -3.02. The molecule has 0 unspecified atom stereocenters. The number of Topliss-reactive ketones (excluding diaryl/α,β-unsaturated/α-hetero) is 1. The number of aromatic hydroxyl groups is 1. The molecule has 1 N–H and O–H groups in total. The largest absolute Gasteiger partial charge is 0.507 e. The second-order valence-electron chi connectivity index (χ2n) is 5.68. The topological polar surface area (TPSA) is 82.1 Å². The Labute approximate surface area is 144 Å². The van der Waals surface area contributed by atoms with Gasteiger partial charge in [0.2, 0.25) is 0 Å². The number of carbonyl (C=O) groups excluding carboxylic acids is 2. The molecular weight excluding hydrogens is 324 g/mol. The molecule has 0 spiro atoms. The van der Waals surface area contributed by atoms with Crippen molar-refractivity contribution in [2.24, 2.45) is 0 Å². The van der Waals surface area contributed by atoms with Crippen LogP contribution in [0.25, 0.3) is 0 Å². The number of aryl methyl sites for hydroxylation is 1. The van der Waals surface area contributed by atoms with E-state index in [1.54, 1.807) is 37.3 Å². The number of phenols is 1. The number of hydrogen-bond donors (Lipinski definition) is 1. The van der Waals surface area contributed by atoms with Crippen LogP contribution in [0.5, 0.6) is 17.2 Å². The maximum absolute atomic E-state index is 12.3. The van der Waals surface area contributed by atoms with Crippen LogP contribution in [0.4, 0.5) is 0 Å². The third-order valence-corrected chi connectivity index (χ3v) is 3.86. The van der Waals surface area contributed by atoms with Gasteiger partial charge in [-0.2, -0.15) is 0 Å². The summed E-state index contributed by atoms with van der Waals surface area (Å²) in [6.45, 7) is 2.34. The molecule has 0 saturated heterocycles. The summed E-state index contributed by atoms with van der Waals surface area (Å²) < 4.78 is 16.1. The molecule has 6 heteroatoms. The van der Waals surface area contributed by atoms with Gasteiger partial charge in [-0.05, 0) is 36.8 Å². The molecule has 0 saturated carbocycles. The lowest BCUT2D eigenvalue weighted by Gasteiger charge is -2.10. The normalized spacial score (nSPS) is 13.0. The fourth-order valence-corrected chi connectivity index (χ4v) is 2.45. The third-order valence-electron chi connectivity index (χ3n) is 3.86. The fourth-order valence-electron chi connectivity index (χ4n) is 2.45. The lowest BCUT2D eigenvalue weighted by atomic mass is 10.1. The van der Waals surface area contributed by atoms with Crippen LogP contribution in [0.15, 0.2) is 36.4 Å². The number of phenolic OH excluding ortho intramolecular Hbond substituents is 1. The minimum absolute atomic E-state index is 0.0338. The molecule has 0 bridgehead atoms. The Kier molecular flexibility index (Phi) is 4.88. The van der Waals surface area contributed by atoms with Crippen molar-refractivity contribution in [3.05, 3.63) is 53.1 Å². The van der Waals surface area contributed by atoms with Crippen LogP contribution >= 0.6 is 0 Å². The smallest absolute Gasteiger partial charge is 0.342 e. The SMILES string of the molecule is Cc1cccc(C(=O)OCC(=O)c2ccc3c(c2)OCCCO3)c1O. The van der Waals surface area contributed by atoms with Crippen LogP contribution in [0.1, 0.15) is 32.7 Å². The van der Waals surface area contributed by atoms with Gasteiger partial charge in [0.25, 0.3) is 0 Å². The summed E-state index contributed by atoms with van der Waals surface area (Å²) in [5, 5.41) is 9.89. The van der Waals surface area contributed by atoms with Crippen molar-refractivity contribution in [2.75, 3.05) is 19.8 Å². The molecule has 0 amide bonds. The number of carbonyl (C=O) groups is 2. The Balaban J connectivity index is 1.67. The van der Waals surface area contributed by atoms with Crippen molar-refractivity contribution in [2.45, 2.75) is 13.3 Å². The molecule has 1 aliphatic rings. The molecule has 130 valence electrons. The molecule has 0 radical (unpaired) electrons. The monoisotopic (exact) mass is 342 g/mol. The molecule has 1 heterocycles. The fraction of sp³-hybridized carbons (Fsp3) is 0.263. The van der Waals surface area contributed by atoms with Gasteiger partial charge >= 0.3 is 5.97 Å². The van der Waals surface area contributed by atoms with Gasteiger partial charge in [0.1, 0.15) is 11.3 Å². The van der Waals surface area contributed by atoms with Crippen LogP contribution in [-0.2, 0) is 4.74 Å². The van der Waals surface area contributed by atoms with E-state index in [2.05, 4.69) is 0 Å². The van der Waals surface area contributed by atoms with E-state index in [1.807, 2.05) is 0 Å². The summed E-state index contributed by atoms with van der Waals surface area (Å²) >= 11 is 0. The number of para-hydroxylation sites is 1. The van der Waals surface area contributed by atoms with Crippen LogP contribution < -0.4 is 9.47 Å². The van der Waals surface area contributed by atoms with E-state index in [-0.39, 0.29) is 17.1 Å². The van der Waals surface area contributed by atoms with Crippen molar-refractivity contribution >= 4 is 11.8 Å². The zero-order valence-corrected chi connectivity index (χ0v) is 13.8. The van der Waals surface area contributed by atoms with E-state index in [0.717, 1.165) is 6.42 Å². The number of rotatable bonds is 4. The molecule has 25 heavy (non-hydrogen) atoms. The van der Waals surface area contributed by atoms with Gasteiger partial charge in [0.05, 0.1) is 13.2 Å². The molecule has 6 nitrogen and oxygen atoms in total. The van der Waals surface area contributed by atoms with E-state index >= 15 is 0 Å². The summed E-state index contributed by atoms with van der Waals surface area (Å²) in [6, 6.07) is 9.62. The quantitative estimate of drug-likeness (QED) is 0.680. The van der Waals surface area contributed by atoms with Gasteiger partial charge in [0.15, 0.2) is 23.9 Å². The maximum atomic E-state index is 12.3. The van der Waals surface area contributed by atoms with Crippen LogP contribution in [-0.4, -0.2) is 36.7 Å². The molecule has 0 fully saturated rings. The second kappa shape index (κ2) is 7.25. The average molecular weight is 342 g/mol. The van der Waals surface area contributed by atoms with Gasteiger partial charge in [-0.25, -0.2) is 4.79 Å². The summed E-state index contributed by atoms with van der Waals surface area (Å²) in [5.41, 5.74) is 0.959. The lowest BCUT2D eigenvalue weighted by Crippen LogP contribution is -2.14. The first kappa shape index (κ1) is 16.8. The van der Waals surface area contributed by atoms with Crippen LogP contribution in [0.3, 0.4) is 0 Å². The Morgan fingerprint density at radius 1 is 1.12 bits per heavy atom. The summed E-state index contributed by atoms with van der Waals surface area (Å²) in [7, 11) is 0. The highest BCUT2D eigenvalue weighted by Crippen LogP contribution is 2.30. The summed E-state index contributed by atoms with van der Waals surface area (Å²) in [6.07, 6.45) is 0.773. The molecular formula is C19H18O6. The van der Waals surface area contributed by atoms with Crippen LogP contribution in [0.2, 0.25) is 0 Å². The number of hydrogen-bond acceptors (Lipinski definition) is 6. The van der Waals surface area contributed by atoms with E-state index in [1.165, 1.54) is 6.07 Å². The van der Waals surface area contributed by atoms with E-state index < -0.39 is 12.6 Å². The Bertz CT molecular complexity index is 812. The zero-order chi connectivity index (χ0) is 17.8. The minimum atomic E-state index is -0.746. The van der Waals surface area contributed by atoms with Crippen molar-refractivity contribution < 1.29 is 28.9 Å². The summed E-state index contributed by atoms with van der Waals surface area (Å²) in [5.74, 6) is -0.155. The van der Waals surface area contributed by atoms with E-state index in [0.29, 0.717) is 35.8 Å². The number of ketones is 1. The number of benzene rings is 2. The number of fused-ring (bicyclic) bond motifs is 1. The highest BCUT2D eigenvalue weighted by molar-refractivity contribution is 6.00. The van der Waals surface area contributed by atoms with E-state index in [4.69, 9.17) is 14.2 Å². The predicted octanol–water partition coefficient (Wildman–Crippen LogP) is 2.90. The van der Waals surface area contributed by atoms with Gasteiger partial charge in [0, 0.05) is 12.0 Å². The predicted molar refractivity (Wildman–Crippen MR) is 89.5 cm³/mol. The van der Waals surface area contributed by atoms with Gasteiger partial charge in [-0.1, -0.05) is 12.1 Å². The first-order valence-corrected chi connectivity index (χ1v) is 7.95. The molecule has 3 rings (SSSR count). The standard InChI is InChI=1S/C19H18O6/c1-12-4-2-5-14(18(12)21)19(22)25-11-15(20)13-6-7-16-17(10-13)24-9-3-8-23-16/h2,4-7,10,21H,3,8-9,11H2,1H3. The first-order valence-electron chi connectivity index (χ1n) is 7.95. The average Bonchev–Trinajstić information content (AvgIpc) is 2.86. The molecule has 0 aliphatic carbocycles. The van der Waals surface area contributed by atoms with Crippen molar-refractivity contribution in [3.8, 4) is 17.2 Å². The first-order chi connectivity index (χ1) is 12.1. The number of esters is 1. The highest BCUT2D eigenvalue weighted by atomic mass is 16.5. The lowest BCUT2D eigenvalue weighted by molar-refractivity contribution is 0.0471.